The summed E-state index contributed by atoms with van der Waals surface area (Å²) in [5.74, 6) is -1.25. The molecule has 0 fully saturated rings. The van der Waals surface area contributed by atoms with Gasteiger partial charge < -0.3 is 10.5 Å². The van der Waals surface area contributed by atoms with Crippen molar-refractivity contribution in [2.45, 2.75) is 6.18 Å². The van der Waals surface area contributed by atoms with Gasteiger partial charge in [-0.2, -0.15) is 13.2 Å². The van der Waals surface area contributed by atoms with Crippen LogP contribution in [0.3, 0.4) is 0 Å². The van der Waals surface area contributed by atoms with E-state index in [1.807, 2.05) is 0 Å². The van der Waals surface area contributed by atoms with Gasteiger partial charge in [-0.3, -0.25) is 4.79 Å². The lowest BCUT2D eigenvalue weighted by molar-refractivity contribution is -0.137. The van der Waals surface area contributed by atoms with Gasteiger partial charge >= 0.3 is 6.18 Å². The van der Waals surface area contributed by atoms with Gasteiger partial charge in [0.1, 0.15) is 11.6 Å². The van der Waals surface area contributed by atoms with E-state index in [1.165, 1.54) is 37.5 Å². The normalized spacial score (nSPS) is 11.7. The fourth-order valence-corrected chi connectivity index (χ4v) is 2.04. The molecule has 0 aliphatic rings. The van der Waals surface area contributed by atoms with Crippen LogP contribution < -0.4 is 10.5 Å². The highest BCUT2D eigenvalue weighted by Crippen LogP contribution is 2.31. The number of methoxy groups -OCH3 is 1. The van der Waals surface area contributed by atoms with Crippen LogP contribution in [0, 0.1) is 5.82 Å². The van der Waals surface area contributed by atoms with Crippen LogP contribution >= 0.6 is 0 Å². The first-order valence-electron chi connectivity index (χ1n) is 6.75. The van der Waals surface area contributed by atoms with Crippen molar-refractivity contribution in [2.24, 2.45) is 5.73 Å². The molecule has 0 aromatic heterocycles. The minimum Gasteiger partial charge on any atom is -0.496 e. The summed E-state index contributed by atoms with van der Waals surface area (Å²) < 4.78 is 56.5. The monoisotopic (exact) mass is 339 g/mol. The van der Waals surface area contributed by atoms with Crippen LogP contribution in [-0.2, 0) is 6.18 Å². The largest absolute Gasteiger partial charge is 0.496 e. The highest BCUT2D eigenvalue weighted by atomic mass is 19.4. The average Bonchev–Trinajstić information content (AvgIpc) is 2.52. The second-order valence-corrected chi connectivity index (χ2v) is 4.89. The Labute approximate surface area is 135 Å². The van der Waals surface area contributed by atoms with Gasteiger partial charge in [-0.05, 0) is 30.3 Å². The Morgan fingerprint density at radius 3 is 2.29 bits per heavy atom. The molecule has 0 saturated heterocycles. The van der Waals surface area contributed by atoms with Crippen molar-refractivity contribution in [3.8, 4) is 5.75 Å². The third-order valence-corrected chi connectivity index (χ3v) is 3.28. The number of hydrogen-bond donors (Lipinski definition) is 1. The zero-order valence-corrected chi connectivity index (χ0v) is 12.5. The molecule has 24 heavy (non-hydrogen) atoms. The molecule has 1 amide bonds. The third-order valence-electron chi connectivity index (χ3n) is 3.28. The molecule has 0 atom stereocenters. The van der Waals surface area contributed by atoms with E-state index in [2.05, 4.69) is 0 Å². The summed E-state index contributed by atoms with van der Waals surface area (Å²) in [5, 5.41) is 0. The maximum atomic E-state index is 13.8. The van der Waals surface area contributed by atoms with Crippen molar-refractivity contribution in [1.29, 1.82) is 0 Å². The zero-order chi connectivity index (χ0) is 17.9. The highest BCUT2D eigenvalue weighted by molar-refractivity contribution is 5.94. The molecule has 2 rings (SSSR count). The first-order chi connectivity index (χ1) is 11.2. The lowest BCUT2D eigenvalue weighted by atomic mass is 10.1. The fourth-order valence-electron chi connectivity index (χ4n) is 2.04. The summed E-state index contributed by atoms with van der Waals surface area (Å²) in [4.78, 5) is 11.2. The second-order valence-electron chi connectivity index (χ2n) is 4.89. The van der Waals surface area contributed by atoms with Gasteiger partial charge in [-0.25, -0.2) is 4.39 Å². The number of primary amides is 1. The predicted molar refractivity (Wildman–Crippen MR) is 81.8 cm³/mol. The Morgan fingerprint density at radius 2 is 1.75 bits per heavy atom. The Balaban J connectivity index is 2.37. The van der Waals surface area contributed by atoms with Crippen LogP contribution in [-0.4, -0.2) is 13.0 Å². The number of nitrogens with two attached hydrogens (primary N) is 1. The van der Waals surface area contributed by atoms with E-state index in [0.717, 1.165) is 12.1 Å². The summed E-state index contributed by atoms with van der Waals surface area (Å²) in [6, 6.07) is 6.68. The molecule has 2 aromatic carbocycles. The molecular weight excluding hydrogens is 326 g/mol. The molecule has 0 aliphatic carbocycles. The van der Waals surface area contributed by atoms with Crippen LogP contribution in [0.4, 0.5) is 17.6 Å². The molecule has 0 radical (unpaired) electrons. The van der Waals surface area contributed by atoms with Crippen molar-refractivity contribution < 1.29 is 27.1 Å². The van der Waals surface area contributed by atoms with E-state index < -0.39 is 23.5 Å². The lowest BCUT2D eigenvalue weighted by Gasteiger charge is -2.08. The van der Waals surface area contributed by atoms with Crippen molar-refractivity contribution in [3.63, 3.8) is 0 Å². The van der Waals surface area contributed by atoms with Gasteiger partial charge in [0.05, 0.1) is 12.7 Å². The van der Waals surface area contributed by atoms with Gasteiger partial charge in [0.15, 0.2) is 0 Å². The standard InChI is InChI=1S/C17H13F4NO2/c1-24-15-7-5-12(16(22)23)8-11(15)3-2-10-4-6-13(9-14(10)18)17(19,20)21/h2-9H,1H3,(H2,22,23). The Hall–Kier alpha value is -2.83. The number of amides is 1. The summed E-state index contributed by atoms with van der Waals surface area (Å²) in [7, 11) is 1.41. The van der Waals surface area contributed by atoms with Crippen molar-refractivity contribution >= 4 is 18.1 Å². The lowest BCUT2D eigenvalue weighted by Crippen LogP contribution is -2.10. The van der Waals surface area contributed by atoms with Crippen molar-refractivity contribution in [3.05, 3.63) is 64.5 Å². The van der Waals surface area contributed by atoms with Crippen molar-refractivity contribution in [2.75, 3.05) is 7.11 Å². The van der Waals surface area contributed by atoms with Gasteiger partial charge in [0.25, 0.3) is 0 Å². The number of benzene rings is 2. The molecule has 126 valence electrons. The van der Waals surface area contributed by atoms with Crippen LogP contribution in [0.15, 0.2) is 36.4 Å². The summed E-state index contributed by atoms with van der Waals surface area (Å²) in [5.41, 5.74) is 4.76. The van der Waals surface area contributed by atoms with E-state index in [0.29, 0.717) is 17.4 Å². The Bertz CT molecular complexity index is 798. The number of alkyl halides is 3. The highest BCUT2D eigenvalue weighted by Gasteiger charge is 2.30. The smallest absolute Gasteiger partial charge is 0.416 e. The summed E-state index contributed by atoms with van der Waals surface area (Å²) in [6.07, 6.45) is -1.89. The second kappa shape index (κ2) is 6.74. The zero-order valence-electron chi connectivity index (χ0n) is 12.5. The molecule has 0 unspecified atom stereocenters. The number of carbonyl (C=O) groups is 1. The Kier molecular flexibility index (Phi) is 4.92. The quantitative estimate of drug-likeness (QED) is 0.673. The van der Waals surface area contributed by atoms with Crippen LogP contribution in [0.25, 0.3) is 12.2 Å². The van der Waals surface area contributed by atoms with E-state index in [-0.39, 0.29) is 11.1 Å². The molecule has 3 nitrogen and oxygen atoms in total. The average molecular weight is 339 g/mol. The van der Waals surface area contributed by atoms with Crippen LogP contribution in [0.5, 0.6) is 5.75 Å². The molecule has 7 heteroatoms. The number of carbonyl (C=O) groups excluding carboxylic acids is 1. The first-order valence-corrected chi connectivity index (χ1v) is 6.75. The number of rotatable bonds is 4. The number of ether oxygens (including phenoxy) is 1. The maximum Gasteiger partial charge on any atom is 0.416 e. The van der Waals surface area contributed by atoms with Gasteiger partial charge in [-0.1, -0.05) is 18.2 Å². The van der Waals surface area contributed by atoms with Crippen LogP contribution in [0.2, 0.25) is 0 Å². The molecule has 0 saturated carbocycles. The minimum atomic E-state index is -4.61. The molecule has 0 spiro atoms. The molecule has 0 aliphatic heterocycles. The minimum absolute atomic E-state index is 0.0328. The van der Waals surface area contributed by atoms with Crippen LogP contribution in [0.1, 0.15) is 27.0 Å². The van der Waals surface area contributed by atoms with E-state index >= 15 is 0 Å². The van der Waals surface area contributed by atoms with E-state index in [4.69, 9.17) is 10.5 Å². The maximum absolute atomic E-state index is 13.8. The molecule has 2 N–H and O–H groups in total. The third kappa shape index (κ3) is 3.92. The Morgan fingerprint density at radius 1 is 1.08 bits per heavy atom. The van der Waals surface area contributed by atoms with Gasteiger partial charge in [-0.15, -0.1) is 0 Å². The molecule has 0 heterocycles. The number of halogens is 4. The van der Waals surface area contributed by atoms with Gasteiger partial charge in [0.2, 0.25) is 5.91 Å². The molecular formula is C17H13F4NO2. The summed E-state index contributed by atoms with van der Waals surface area (Å²) >= 11 is 0. The fraction of sp³-hybridized carbons (Fsp3) is 0.118. The first kappa shape index (κ1) is 17.5. The van der Waals surface area contributed by atoms with E-state index in [1.54, 1.807) is 0 Å². The number of hydrogen-bond acceptors (Lipinski definition) is 2. The van der Waals surface area contributed by atoms with Gasteiger partial charge in [0, 0.05) is 16.7 Å². The SMILES string of the molecule is COc1ccc(C(N)=O)cc1C=Cc1ccc(C(F)(F)F)cc1F. The van der Waals surface area contributed by atoms with E-state index in [9.17, 15) is 22.4 Å². The summed E-state index contributed by atoms with van der Waals surface area (Å²) in [6.45, 7) is 0. The van der Waals surface area contributed by atoms with Crippen molar-refractivity contribution in [1.82, 2.24) is 0 Å². The predicted octanol–water partition coefficient (Wildman–Crippen LogP) is 4.12. The topological polar surface area (TPSA) is 52.3 Å². The molecule has 0 bridgehead atoms. The molecule has 2 aromatic rings.